The first kappa shape index (κ1) is 18.2. The standard InChI is InChI=1S/C24H30N2O/c1-2-26-15-9-8-14-24(26)17-21-12-6-7-13-22(21)18-25(19-24)23(27)16-20-10-4-3-5-11-20/h3-7,10-13H,2,8-9,14-19H2,1H3. The molecule has 2 heterocycles. The SMILES string of the molecule is CCN1CCCCC12Cc1ccccc1CN(C(=O)Cc1ccccc1)C2. The first-order chi connectivity index (χ1) is 13.2. The zero-order valence-electron chi connectivity index (χ0n) is 16.4. The maximum atomic E-state index is 13.3. The maximum absolute atomic E-state index is 13.3. The van der Waals surface area contributed by atoms with Crippen LogP contribution < -0.4 is 0 Å². The first-order valence-corrected chi connectivity index (χ1v) is 10.3. The number of likely N-dealkylation sites (tertiary alicyclic amines) is 1. The van der Waals surface area contributed by atoms with E-state index < -0.39 is 0 Å². The smallest absolute Gasteiger partial charge is 0.227 e. The Hall–Kier alpha value is -2.13. The van der Waals surface area contributed by atoms with E-state index in [1.54, 1.807) is 0 Å². The molecule has 2 aromatic carbocycles. The Balaban J connectivity index is 1.66. The molecule has 3 heteroatoms. The van der Waals surface area contributed by atoms with Crippen molar-refractivity contribution in [3.63, 3.8) is 0 Å². The Labute approximate surface area is 163 Å². The van der Waals surface area contributed by atoms with E-state index in [1.165, 1.54) is 30.4 Å². The number of hydrogen-bond donors (Lipinski definition) is 0. The predicted octanol–water partition coefficient (Wildman–Crippen LogP) is 4.06. The van der Waals surface area contributed by atoms with Gasteiger partial charge in [0, 0.05) is 18.6 Å². The summed E-state index contributed by atoms with van der Waals surface area (Å²) in [5.74, 6) is 0.249. The highest BCUT2D eigenvalue weighted by molar-refractivity contribution is 5.79. The van der Waals surface area contributed by atoms with Crippen molar-refractivity contribution in [3.8, 4) is 0 Å². The molecule has 2 aliphatic heterocycles. The van der Waals surface area contributed by atoms with Gasteiger partial charge in [0.1, 0.15) is 0 Å². The third-order valence-corrected chi connectivity index (χ3v) is 6.41. The average Bonchev–Trinajstić information content (AvgIpc) is 2.86. The Morgan fingerprint density at radius 2 is 1.74 bits per heavy atom. The second-order valence-corrected chi connectivity index (χ2v) is 8.12. The van der Waals surface area contributed by atoms with Crippen molar-refractivity contribution in [1.29, 1.82) is 0 Å². The quantitative estimate of drug-likeness (QED) is 0.822. The lowest BCUT2D eigenvalue weighted by Crippen LogP contribution is -2.59. The topological polar surface area (TPSA) is 23.6 Å². The molecular formula is C24H30N2O. The fraction of sp³-hybridized carbons (Fsp3) is 0.458. The van der Waals surface area contributed by atoms with E-state index in [9.17, 15) is 4.79 Å². The van der Waals surface area contributed by atoms with Crippen LogP contribution in [0.2, 0.25) is 0 Å². The van der Waals surface area contributed by atoms with Crippen molar-refractivity contribution >= 4 is 5.91 Å². The highest BCUT2D eigenvalue weighted by Gasteiger charge is 2.42. The van der Waals surface area contributed by atoms with Crippen LogP contribution in [0, 0.1) is 0 Å². The number of amides is 1. The molecule has 1 amide bonds. The third kappa shape index (κ3) is 3.79. The number of rotatable bonds is 3. The van der Waals surface area contributed by atoms with Crippen molar-refractivity contribution in [1.82, 2.24) is 9.80 Å². The number of benzene rings is 2. The largest absolute Gasteiger partial charge is 0.336 e. The fourth-order valence-corrected chi connectivity index (χ4v) is 4.99. The number of nitrogens with zero attached hydrogens (tertiary/aromatic N) is 2. The van der Waals surface area contributed by atoms with Crippen molar-refractivity contribution < 1.29 is 4.79 Å². The normalized spacial score (nSPS) is 23.1. The summed E-state index contributed by atoms with van der Waals surface area (Å²) in [6.45, 7) is 6.06. The Morgan fingerprint density at radius 1 is 1.00 bits per heavy atom. The number of piperidine rings is 1. The van der Waals surface area contributed by atoms with Gasteiger partial charge in [0.15, 0.2) is 0 Å². The fourth-order valence-electron chi connectivity index (χ4n) is 4.99. The summed E-state index contributed by atoms with van der Waals surface area (Å²) in [5.41, 5.74) is 3.93. The molecule has 1 saturated heterocycles. The molecule has 27 heavy (non-hydrogen) atoms. The van der Waals surface area contributed by atoms with Gasteiger partial charge in [0.2, 0.25) is 5.91 Å². The summed E-state index contributed by atoms with van der Waals surface area (Å²) in [7, 11) is 0. The Morgan fingerprint density at radius 3 is 2.52 bits per heavy atom. The van der Waals surface area contributed by atoms with Gasteiger partial charge in [-0.05, 0) is 49.0 Å². The molecule has 3 nitrogen and oxygen atoms in total. The van der Waals surface area contributed by atoms with E-state index in [0.717, 1.165) is 38.2 Å². The molecule has 0 bridgehead atoms. The van der Waals surface area contributed by atoms with Crippen LogP contribution in [0.25, 0.3) is 0 Å². The van der Waals surface area contributed by atoms with Crippen LogP contribution >= 0.6 is 0 Å². The van der Waals surface area contributed by atoms with E-state index in [4.69, 9.17) is 0 Å². The van der Waals surface area contributed by atoms with Gasteiger partial charge in [-0.3, -0.25) is 9.69 Å². The lowest BCUT2D eigenvalue weighted by Gasteiger charge is -2.48. The van der Waals surface area contributed by atoms with Crippen LogP contribution in [0.4, 0.5) is 0 Å². The Bertz CT molecular complexity index is 788. The number of carbonyl (C=O) groups excluding carboxylic acids is 1. The van der Waals surface area contributed by atoms with Crippen molar-refractivity contribution in [2.45, 2.75) is 51.1 Å². The zero-order valence-corrected chi connectivity index (χ0v) is 16.4. The van der Waals surface area contributed by atoms with Crippen LogP contribution in [0.15, 0.2) is 54.6 Å². The highest BCUT2D eigenvalue weighted by Crippen LogP contribution is 2.36. The van der Waals surface area contributed by atoms with Crippen LogP contribution in [0.5, 0.6) is 0 Å². The van der Waals surface area contributed by atoms with E-state index in [0.29, 0.717) is 6.42 Å². The van der Waals surface area contributed by atoms with Crippen LogP contribution in [0.3, 0.4) is 0 Å². The lowest BCUT2D eigenvalue weighted by atomic mass is 9.81. The second-order valence-electron chi connectivity index (χ2n) is 8.12. The summed E-state index contributed by atoms with van der Waals surface area (Å²) in [6.07, 6.45) is 5.27. The lowest BCUT2D eigenvalue weighted by molar-refractivity contribution is -0.133. The van der Waals surface area contributed by atoms with Crippen LogP contribution in [-0.2, 0) is 24.2 Å². The number of hydrogen-bond acceptors (Lipinski definition) is 2. The molecule has 1 fully saturated rings. The summed E-state index contributed by atoms with van der Waals surface area (Å²) < 4.78 is 0. The van der Waals surface area contributed by atoms with Crippen molar-refractivity contribution in [2.24, 2.45) is 0 Å². The maximum Gasteiger partial charge on any atom is 0.227 e. The van der Waals surface area contributed by atoms with Gasteiger partial charge in [0.25, 0.3) is 0 Å². The average molecular weight is 363 g/mol. The molecule has 2 aromatic rings. The summed E-state index contributed by atoms with van der Waals surface area (Å²) in [4.78, 5) is 18.0. The van der Waals surface area contributed by atoms with Gasteiger partial charge in [-0.15, -0.1) is 0 Å². The van der Waals surface area contributed by atoms with Gasteiger partial charge < -0.3 is 4.90 Å². The van der Waals surface area contributed by atoms with Crippen molar-refractivity contribution in [3.05, 3.63) is 71.3 Å². The predicted molar refractivity (Wildman–Crippen MR) is 110 cm³/mol. The molecular weight excluding hydrogens is 332 g/mol. The molecule has 2 aliphatic rings. The summed E-state index contributed by atoms with van der Waals surface area (Å²) in [5, 5.41) is 0. The summed E-state index contributed by atoms with van der Waals surface area (Å²) in [6, 6.07) is 18.9. The molecule has 142 valence electrons. The van der Waals surface area contributed by atoms with Gasteiger partial charge in [0.05, 0.1) is 6.42 Å². The van der Waals surface area contributed by atoms with E-state index in [1.807, 2.05) is 18.2 Å². The molecule has 1 unspecified atom stereocenters. The number of likely N-dealkylation sites (N-methyl/N-ethyl adjacent to an activating group) is 1. The minimum atomic E-state index is 0.0892. The minimum Gasteiger partial charge on any atom is -0.336 e. The molecule has 1 atom stereocenters. The number of carbonyl (C=O) groups is 1. The van der Waals surface area contributed by atoms with Gasteiger partial charge >= 0.3 is 0 Å². The van der Waals surface area contributed by atoms with Crippen LogP contribution in [0.1, 0.15) is 42.9 Å². The minimum absolute atomic E-state index is 0.0892. The van der Waals surface area contributed by atoms with Gasteiger partial charge in [-0.2, -0.15) is 0 Å². The molecule has 0 N–H and O–H groups in total. The monoisotopic (exact) mass is 362 g/mol. The third-order valence-electron chi connectivity index (χ3n) is 6.41. The van der Waals surface area contributed by atoms with Crippen LogP contribution in [-0.4, -0.2) is 40.9 Å². The molecule has 0 saturated carbocycles. The molecule has 0 aromatic heterocycles. The molecule has 4 rings (SSSR count). The summed E-state index contributed by atoms with van der Waals surface area (Å²) >= 11 is 0. The zero-order chi connectivity index (χ0) is 18.7. The Kier molecular flexibility index (Phi) is 5.31. The van der Waals surface area contributed by atoms with Gasteiger partial charge in [-0.25, -0.2) is 0 Å². The van der Waals surface area contributed by atoms with E-state index in [2.05, 4.69) is 53.1 Å². The molecule has 0 radical (unpaired) electrons. The van der Waals surface area contributed by atoms with E-state index >= 15 is 0 Å². The second kappa shape index (κ2) is 7.85. The highest BCUT2D eigenvalue weighted by atomic mass is 16.2. The van der Waals surface area contributed by atoms with E-state index in [-0.39, 0.29) is 11.4 Å². The van der Waals surface area contributed by atoms with Crippen molar-refractivity contribution in [2.75, 3.05) is 19.6 Å². The molecule has 1 spiro atoms. The molecule has 0 aliphatic carbocycles. The van der Waals surface area contributed by atoms with Gasteiger partial charge in [-0.1, -0.05) is 67.9 Å². The first-order valence-electron chi connectivity index (χ1n) is 10.3. The number of fused-ring (bicyclic) bond motifs is 1.